The Morgan fingerprint density at radius 2 is 1.86 bits per heavy atom. The Hall–Kier alpha value is -4.52. The van der Waals surface area contributed by atoms with Crippen LogP contribution in [0.25, 0.3) is 11.3 Å². The lowest BCUT2D eigenvalue weighted by Gasteiger charge is -2.11. The summed E-state index contributed by atoms with van der Waals surface area (Å²) in [5, 5.41) is 15.1. The molecule has 1 amide bonds. The molecule has 4 rings (SSSR count). The number of halogens is 3. The van der Waals surface area contributed by atoms with Crippen molar-refractivity contribution >= 4 is 29.6 Å². The summed E-state index contributed by atoms with van der Waals surface area (Å²) in [6.07, 6.45) is -2.25. The van der Waals surface area contributed by atoms with Crippen LogP contribution >= 0.6 is 11.8 Å². The number of carbonyl (C=O) groups excluding carboxylic acids is 1. The summed E-state index contributed by atoms with van der Waals surface area (Å²) in [7, 11) is 0. The van der Waals surface area contributed by atoms with Crippen molar-refractivity contribution in [1.29, 1.82) is 0 Å². The van der Waals surface area contributed by atoms with Gasteiger partial charge in [-0.15, -0.1) is 0 Å². The minimum Gasteiger partial charge on any atom is -0.459 e. The summed E-state index contributed by atoms with van der Waals surface area (Å²) in [4.78, 5) is 30.6. The molecule has 2 aromatic carbocycles. The Labute approximate surface area is 205 Å². The Balaban J connectivity index is 1.62. The smallest absolute Gasteiger partial charge is 0.433 e. The standard InChI is InChI=1S/C23H14F3N5O4S/c24-23(25,26)20-12-16(15-5-2-1-3-6-15)28-22(29-20)36-19-9-8-14(11-17(19)31(33)34)13-27-30-21(32)18-7-4-10-35-18/h1-13H,(H,30,32)/b27-13-. The first-order valence-electron chi connectivity index (χ1n) is 10.1. The van der Waals surface area contributed by atoms with E-state index in [9.17, 15) is 28.1 Å². The van der Waals surface area contributed by atoms with Crippen molar-refractivity contribution in [2.24, 2.45) is 5.10 Å². The number of hydrogen-bond donors (Lipinski definition) is 1. The number of alkyl halides is 3. The van der Waals surface area contributed by atoms with Crippen molar-refractivity contribution in [3.8, 4) is 11.3 Å². The number of nitro groups is 1. The highest BCUT2D eigenvalue weighted by molar-refractivity contribution is 7.99. The number of hydrogen-bond acceptors (Lipinski definition) is 8. The number of benzene rings is 2. The zero-order valence-electron chi connectivity index (χ0n) is 18.0. The Morgan fingerprint density at radius 1 is 1.08 bits per heavy atom. The van der Waals surface area contributed by atoms with Gasteiger partial charge in [-0.2, -0.15) is 18.3 Å². The molecule has 4 aromatic rings. The van der Waals surface area contributed by atoms with E-state index in [2.05, 4.69) is 20.5 Å². The van der Waals surface area contributed by atoms with E-state index in [4.69, 9.17) is 4.42 Å². The molecule has 0 aliphatic rings. The third-order valence-electron chi connectivity index (χ3n) is 4.57. The summed E-state index contributed by atoms with van der Waals surface area (Å²) in [5.41, 5.74) is 1.37. The first kappa shape index (κ1) is 24.6. The van der Waals surface area contributed by atoms with Crippen molar-refractivity contribution in [3.05, 3.63) is 100 Å². The first-order valence-corrected chi connectivity index (χ1v) is 10.9. The van der Waals surface area contributed by atoms with E-state index < -0.39 is 28.4 Å². The minimum absolute atomic E-state index is 0.0232. The van der Waals surface area contributed by atoms with Gasteiger partial charge in [0.05, 0.1) is 28.0 Å². The van der Waals surface area contributed by atoms with Gasteiger partial charge in [0.25, 0.3) is 5.69 Å². The number of amides is 1. The van der Waals surface area contributed by atoms with E-state index in [1.54, 1.807) is 30.3 Å². The van der Waals surface area contributed by atoms with Gasteiger partial charge < -0.3 is 4.42 Å². The van der Waals surface area contributed by atoms with Gasteiger partial charge in [0.2, 0.25) is 0 Å². The van der Waals surface area contributed by atoms with Gasteiger partial charge >= 0.3 is 12.1 Å². The Kier molecular flexibility index (Phi) is 7.10. The van der Waals surface area contributed by atoms with E-state index in [0.717, 1.165) is 12.1 Å². The van der Waals surface area contributed by atoms with E-state index in [0.29, 0.717) is 17.3 Å². The number of carbonyl (C=O) groups is 1. The van der Waals surface area contributed by atoms with E-state index in [1.807, 2.05) is 0 Å². The lowest BCUT2D eigenvalue weighted by molar-refractivity contribution is -0.387. The average molecular weight is 513 g/mol. The van der Waals surface area contributed by atoms with Crippen molar-refractivity contribution in [2.45, 2.75) is 16.2 Å². The zero-order chi connectivity index (χ0) is 25.7. The largest absolute Gasteiger partial charge is 0.459 e. The molecule has 2 aromatic heterocycles. The molecular formula is C23H14F3N5O4S. The van der Waals surface area contributed by atoms with Gasteiger partial charge in [0.15, 0.2) is 10.9 Å². The lowest BCUT2D eigenvalue weighted by Crippen LogP contribution is -2.16. The zero-order valence-corrected chi connectivity index (χ0v) is 18.8. The SMILES string of the molecule is O=C(N/N=C\c1ccc(Sc2nc(-c3ccccc3)cc(C(F)(F)F)n2)c([N+](=O)[O-])c1)c1ccco1. The number of rotatable bonds is 7. The van der Waals surface area contributed by atoms with E-state index >= 15 is 0 Å². The van der Waals surface area contributed by atoms with Crippen molar-refractivity contribution in [1.82, 2.24) is 15.4 Å². The quantitative estimate of drug-likeness (QED) is 0.148. The molecule has 182 valence electrons. The van der Waals surface area contributed by atoms with Crippen molar-refractivity contribution < 1.29 is 27.3 Å². The summed E-state index contributed by atoms with van der Waals surface area (Å²) < 4.78 is 45.3. The monoisotopic (exact) mass is 513 g/mol. The molecule has 0 fully saturated rings. The van der Waals surface area contributed by atoms with Crippen LogP contribution in [-0.4, -0.2) is 27.0 Å². The third kappa shape index (κ3) is 5.93. The van der Waals surface area contributed by atoms with Crippen molar-refractivity contribution in [2.75, 3.05) is 0 Å². The maximum atomic E-state index is 13.5. The second kappa shape index (κ2) is 10.4. The van der Waals surface area contributed by atoms with Crippen LogP contribution in [0.15, 0.2) is 92.6 Å². The number of nitrogens with one attached hydrogen (secondary N) is 1. The number of hydrazone groups is 1. The molecule has 2 heterocycles. The molecule has 0 unspecified atom stereocenters. The molecule has 0 atom stereocenters. The average Bonchev–Trinajstić information content (AvgIpc) is 3.40. The van der Waals surface area contributed by atoms with E-state index in [-0.39, 0.29) is 27.1 Å². The summed E-state index contributed by atoms with van der Waals surface area (Å²) in [5.74, 6) is -0.588. The van der Waals surface area contributed by atoms with Crippen LogP contribution in [0.5, 0.6) is 0 Å². The fraction of sp³-hybridized carbons (Fsp3) is 0.0435. The normalized spacial score (nSPS) is 11.5. The molecule has 0 aliphatic heterocycles. The fourth-order valence-electron chi connectivity index (χ4n) is 2.94. The lowest BCUT2D eigenvalue weighted by atomic mass is 10.1. The maximum absolute atomic E-state index is 13.5. The number of aromatic nitrogens is 2. The fourth-order valence-corrected chi connectivity index (χ4v) is 3.80. The first-order chi connectivity index (χ1) is 17.2. The Morgan fingerprint density at radius 3 is 2.53 bits per heavy atom. The van der Waals surface area contributed by atoms with Crippen molar-refractivity contribution in [3.63, 3.8) is 0 Å². The van der Waals surface area contributed by atoms with Gasteiger partial charge in [-0.25, -0.2) is 15.4 Å². The van der Waals surface area contributed by atoms with E-state index in [1.165, 1.54) is 36.7 Å². The number of furan rings is 1. The third-order valence-corrected chi connectivity index (χ3v) is 5.50. The van der Waals surface area contributed by atoms with Gasteiger partial charge in [0.1, 0.15) is 5.69 Å². The maximum Gasteiger partial charge on any atom is 0.433 e. The predicted octanol–water partition coefficient (Wildman–Crippen LogP) is 5.58. The number of nitrogens with zero attached hydrogens (tertiary/aromatic N) is 4. The van der Waals surface area contributed by atoms with Crippen LogP contribution in [0.3, 0.4) is 0 Å². The number of nitro benzene ring substituents is 1. The molecule has 1 N–H and O–H groups in total. The molecule has 0 aliphatic carbocycles. The topological polar surface area (TPSA) is 124 Å². The van der Waals surface area contributed by atoms with Crippen LogP contribution in [-0.2, 0) is 6.18 Å². The second-order valence-electron chi connectivity index (χ2n) is 7.05. The van der Waals surface area contributed by atoms with Gasteiger partial charge in [-0.1, -0.05) is 36.4 Å². The van der Waals surface area contributed by atoms with Gasteiger partial charge in [-0.3, -0.25) is 14.9 Å². The molecule has 0 radical (unpaired) electrons. The molecule has 0 saturated carbocycles. The second-order valence-corrected chi connectivity index (χ2v) is 8.06. The molecule has 9 nitrogen and oxygen atoms in total. The molecule has 0 spiro atoms. The van der Waals surface area contributed by atoms with Crippen LogP contribution in [0.1, 0.15) is 21.8 Å². The highest BCUT2D eigenvalue weighted by atomic mass is 32.2. The van der Waals surface area contributed by atoms with Gasteiger partial charge in [-0.05, 0) is 36.0 Å². The molecular weight excluding hydrogens is 499 g/mol. The van der Waals surface area contributed by atoms with Crippen LogP contribution in [0.2, 0.25) is 0 Å². The van der Waals surface area contributed by atoms with Crippen LogP contribution in [0, 0.1) is 10.1 Å². The molecule has 0 saturated heterocycles. The highest BCUT2D eigenvalue weighted by Crippen LogP contribution is 2.37. The molecule has 36 heavy (non-hydrogen) atoms. The highest BCUT2D eigenvalue weighted by Gasteiger charge is 2.34. The molecule has 0 bridgehead atoms. The van der Waals surface area contributed by atoms with Crippen LogP contribution in [0.4, 0.5) is 18.9 Å². The van der Waals surface area contributed by atoms with Gasteiger partial charge in [0, 0.05) is 17.2 Å². The summed E-state index contributed by atoms with van der Waals surface area (Å²) in [6, 6.07) is 15.9. The molecule has 13 heteroatoms. The Bertz CT molecular complexity index is 1430. The van der Waals surface area contributed by atoms with Crippen LogP contribution < -0.4 is 5.43 Å². The predicted molar refractivity (Wildman–Crippen MR) is 123 cm³/mol. The summed E-state index contributed by atoms with van der Waals surface area (Å²) in [6.45, 7) is 0. The summed E-state index contributed by atoms with van der Waals surface area (Å²) >= 11 is 0.627. The minimum atomic E-state index is -4.74.